The fourth-order valence-electron chi connectivity index (χ4n) is 3.72. The molecule has 0 saturated carbocycles. The number of nitrogens with one attached hydrogen (secondary N) is 1. The molecule has 0 aliphatic heterocycles. The molecule has 2 heterocycles. The van der Waals surface area contributed by atoms with E-state index in [1.54, 1.807) is 0 Å². The Morgan fingerprint density at radius 3 is 2.62 bits per heavy atom. The van der Waals surface area contributed by atoms with Crippen LogP contribution in [0.5, 0.6) is 0 Å². The molecular formula is C23H23N3O3. The van der Waals surface area contributed by atoms with Gasteiger partial charge in [-0.1, -0.05) is 30.3 Å². The normalized spacial score (nSPS) is 11.3. The third-order valence-corrected chi connectivity index (χ3v) is 5.09. The molecule has 0 aliphatic rings. The summed E-state index contributed by atoms with van der Waals surface area (Å²) in [6.45, 7) is 2.42. The lowest BCUT2D eigenvalue weighted by molar-refractivity contribution is -0.271. The molecule has 29 heavy (non-hydrogen) atoms. The van der Waals surface area contributed by atoms with Gasteiger partial charge in [0.1, 0.15) is 5.69 Å². The highest BCUT2D eigenvalue weighted by atomic mass is 17.2. The number of hydrogen-bond donors (Lipinski definition) is 1. The second kappa shape index (κ2) is 8.03. The maximum absolute atomic E-state index is 12.8. The first-order valence-electron chi connectivity index (χ1n) is 9.49. The second-order valence-corrected chi connectivity index (χ2v) is 6.95. The fourth-order valence-corrected chi connectivity index (χ4v) is 3.72. The molecule has 0 fully saturated rings. The number of para-hydroxylation sites is 1. The van der Waals surface area contributed by atoms with Gasteiger partial charge in [-0.25, -0.2) is 14.8 Å². The lowest BCUT2D eigenvalue weighted by atomic mass is 10.1. The van der Waals surface area contributed by atoms with E-state index in [9.17, 15) is 4.79 Å². The van der Waals surface area contributed by atoms with Crippen LogP contribution in [0.15, 0.2) is 54.6 Å². The smallest absolute Gasteiger partial charge is 0.274 e. The molecule has 2 aromatic carbocycles. The number of amides is 1. The maximum atomic E-state index is 12.8. The minimum Gasteiger partial charge on any atom is -0.342 e. The molecule has 0 spiro atoms. The van der Waals surface area contributed by atoms with E-state index in [1.165, 1.54) is 7.11 Å². The Hall–Kier alpha value is -3.22. The summed E-state index contributed by atoms with van der Waals surface area (Å²) in [4.78, 5) is 26.9. The fraction of sp³-hybridized carbons (Fsp3) is 0.217. The molecule has 0 bridgehead atoms. The molecule has 1 amide bonds. The van der Waals surface area contributed by atoms with Gasteiger partial charge in [-0.15, -0.1) is 0 Å². The van der Waals surface area contributed by atoms with Gasteiger partial charge in [0.15, 0.2) is 0 Å². The molecule has 0 saturated heterocycles. The van der Waals surface area contributed by atoms with Crippen molar-refractivity contribution in [1.82, 2.24) is 9.55 Å². The van der Waals surface area contributed by atoms with Crippen LogP contribution in [-0.4, -0.2) is 29.2 Å². The lowest BCUT2D eigenvalue weighted by Crippen LogP contribution is -2.14. The molecule has 2 aromatic heterocycles. The first-order valence-corrected chi connectivity index (χ1v) is 9.49. The molecule has 1 N–H and O–H groups in total. The molecular weight excluding hydrogens is 366 g/mol. The molecule has 4 rings (SSSR count). The highest BCUT2D eigenvalue weighted by Crippen LogP contribution is 2.30. The van der Waals surface area contributed by atoms with Crippen LogP contribution in [0.4, 0.5) is 5.69 Å². The van der Waals surface area contributed by atoms with E-state index in [2.05, 4.69) is 31.9 Å². The van der Waals surface area contributed by atoms with E-state index in [4.69, 9.17) is 4.89 Å². The SMILES string of the molecule is COOCCc1ccc(NC(=O)c2cc3c4ccccc4n(C)c3c(C)n2)cc1. The van der Waals surface area contributed by atoms with Crippen molar-refractivity contribution >= 4 is 33.4 Å². The maximum Gasteiger partial charge on any atom is 0.274 e. The number of carbonyl (C=O) groups excluding carboxylic acids is 1. The molecule has 4 aromatic rings. The van der Waals surface area contributed by atoms with Crippen molar-refractivity contribution in [1.29, 1.82) is 0 Å². The van der Waals surface area contributed by atoms with Crippen molar-refractivity contribution < 1.29 is 14.6 Å². The largest absolute Gasteiger partial charge is 0.342 e. The van der Waals surface area contributed by atoms with Crippen LogP contribution in [0.1, 0.15) is 21.7 Å². The number of rotatable bonds is 6. The molecule has 0 atom stereocenters. The third-order valence-electron chi connectivity index (χ3n) is 5.09. The summed E-state index contributed by atoms with van der Waals surface area (Å²) in [5, 5.41) is 5.09. The third kappa shape index (κ3) is 3.72. The monoisotopic (exact) mass is 389 g/mol. The standard InChI is InChI=1S/C23H23N3O3/c1-15-22-19(18-6-4-5-7-21(18)26(22)2)14-20(24-15)23(27)25-17-10-8-16(9-11-17)12-13-29-28-3/h4-11,14H,12-13H2,1-3H3,(H,25,27). The number of aromatic nitrogens is 2. The second-order valence-electron chi connectivity index (χ2n) is 6.95. The highest BCUT2D eigenvalue weighted by molar-refractivity contribution is 6.12. The number of carbonyl (C=O) groups is 1. The van der Waals surface area contributed by atoms with Crippen LogP contribution >= 0.6 is 0 Å². The summed E-state index contributed by atoms with van der Waals surface area (Å²) in [5.41, 5.74) is 5.24. The quantitative estimate of drug-likeness (QED) is 0.301. The summed E-state index contributed by atoms with van der Waals surface area (Å²) in [7, 11) is 3.52. The number of fused-ring (bicyclic) bond motifs is 3. The Bertz CT molecular complexity index is 1180. The number of hydrogen-bond acceptors (Lipinski definition) is 4. The highest BCUT2D eigenvalue weighted by Gasteiger charge is 2.16. The van der Waals surface area contributed by atoms with Gasteiger partial charge >= 0.3 is 0 Å². The Labute approximate surface area is 169 Å². The number of aryl methyl sites for hydroxylation is 2. The van der Waals surface area contributed by atoms with Crippen molar-refractivity contribution in [3.8, 4) is 0 Å². The zero-order valence-electron chi connectivity index (χ0n) is 16.7. The van der Waals surface area contributed by atoms with Crippen molar-refractivity contribution in [2.24, 2.45) is 7.05 Å². The van der Waals surface area contributed by atoms with Gasteiger partial charge in [-0.2, -0.15) is 0 Å². The van der Waals surface area contributed by atoms with E-state index >= 15 is 0 Å². The van der Waals surface area contributed by atoms with Crippen LogP contribution in [0.2, 0.25) is 0 Å². The number of benzene rings is 2. The zero-order chi connectivity index (χ0) is 20.4. The van der Waals surface area contributed by atoms with Crippen molar-refractivity contribution in [2.45, 2.75) is 13.3 Å². The van der Waals surface area contributed by atoms with E-state index in [1.807, 2.05) is 56.4 Å². The van der Waals surface area contributed by atoms with E-state index in [0.717, 1.165) is 45.2 Å². The number of nitrogens with zero attached hydrogens (tertiary/aromatic N) is 2. The van der Waals surface area contributed by atoms with Gasteiger partial charge < -0.3 is 9.88 Å². The van der Waals surface area contributed by atoms with Gasteiger partial charge in [0.25, 0.3) is 5.91 Å². The summed E-state index contributed by atoms with van der Waals surface area (Å²) in [6, 6.07) is 17.7. The van der Waals surface area contributed by atoms with Gasteiger partial charge in [-0.3, -0.25) is 4.79 Å². The predicted molar refractivity (Wildman–Crippen MR) is 114 cm³/mol. The number of pyridine rings is 1. The van der Waals surface area contributed by atoms with Crippen LogP contribution in [0, 0.1) is 6.92 Å². The van der Waals surface area contributed by atoms with Gasteiger partial charge in [0.2, 0.25) is 0 Å². The van der Waals surface area contributed by atoms with Crippen molar-refractivity contribution in [3.05, 3.63) is 71.5 Å². The minimum absolute atomic E-state index is 0.224. The predicted octanol–water partition coefficient (Wildman–Crippen LogP) is 4.41. The average Bonchev–Trinajstić information content (AvgIpc) is 3.02. The van der Waals surface area contributed by atoms with Gasteiger partial charge in [0, 0.05) is 29.0 Å². The summed E-state index contributed by atoms with van der Waals surface area (Å²) in [5.74, 6) is -0.224. The van der Waals surface area contributed by atoms with Gasteiger partial charge in [0.05, 0.1) is 24.9 Å². The molecule has 6 heteroatoms. The molecule has 0 radical (unpaired) electrons. The first kappa shape index (κ1) is 19.1. The lowest BCUT2D eigenvalue weighted by Gasteiger charge is -2.08. The van der Waals surface area contributed by atoms with Crippen LogP contribution in [-0.2, 0) is 23.2 Å². The first-order chi connectivity index (χ1) is 14.1. The number of anilines is 1. The molecule has 6 nitrogen and oxygen atoms in total. The minimum atomic E-state index is -0.224. The Kier molecular flexibility index (Phi) is 5.29. The van der Waals surface area contributed by atoms with Gasteiger partial charge in [-0.05, 0) is 43.2 Å². The Morgan fingerprint density at radius 1 is 1.10 bits per heavy atom. The van der Waals surface area contributed by atoms with Crippen LogP contribution < -0.4 is 5.32 Å². The topological polar surface area (TPSA) is 65.4 Å². The van der Waals surface area contributed by atoms with Crippen molar-refractivity contribution in [2.75, 3.05) is 19.0 Å². The molecule has 148 valence electrons. The average molecular weight is 389 g/mol. The van der Waals surface area contributed by atoms with E-state index in [-0.39, 0.29) is 5.91 Å². The van der Waals surface area contributed by atoms with Crippen LogP contribution in [0.25, 0.3) is 21.8 Å². The Balaban J connectivity index is 1.60. The molecule has 0 aliphatic carbocycles. The summed E-state index contributed by atoms with van der Waals surface area (Å²) in [6.07, 6.45) is 0.737. The summed E-state index contributed by atoms with van der Waals surface area (Å²) < 4.78 is 2.13. The van der Waals surface area contributed by atoms with E-state index in [0.29, 0.717) is 12.3 Å². The summed E-state index contributed by atoms with van der Waals surface area (Å²) >= 11 is 0. The Morgan fingerprint density at radius 2 is 1.86 bits per heavy atom. The molecule has 0 unspecified atom stereocenters. The van der Waals surface area contributed by atoms with Crippen LogP contribution in [0.3, 0.4) is 0 Å². The van der Waals surface area contributed by atoms with E-state index < -0.39 is 0 Å². The zero-order valence-corrected chi connectivity index (χ0v) is 16.7. The van der Waals surface area contributed by atoms with Crippen molar-refractivity contribution in [3.63, 3.8) is 0 Å².